The topological polar surface area (TPSA) is 63.0 Å². The molecule has 0 saturated carbocycles. The molecule has 1 amide bonds. The molecule has 0 aliphatic carbocycles. The van der Waals surface area contributed by atoms with E-state index in [1.807, 2.05) is 48.7 Å². The molecule has 7 rings (SSSR count). The lowest BCUT2D eigenvalue weighted by Gasteiger charge is -2.51. The van der Waals surface area contributed by atoms with Crippen molar-refractivity contribution in [2.45, 2.75) is 31.5 Å². The second-order valence-electron chi connectivity index (χ2n) is 9.30. The lowest BCUT2D eigenvalue weighted by Crippen LogP contribution is -2.63. The van der Waals surface area contributed by atoms with Crippen LogP contribution in [0.15, 0.2) is 60.8 Å². The van der Waals surface area contributed by atoms with E-state index in [1.165, 1.54) is 19.2 Å². The largest absolute Gasteiger partial charge is 0.481 e. The number of pyridine rings is 2. The van der Waals surface area contributed by atoms with E-state index < -0.39 is 5.82 Å². The maximum absolute atomic E-state index is 14.5. The molecule has 4 aromatic rings. The van der Waals surface area contributed by atoms with E-state index >= 15 is 0 Å². The first kappa shape index (κ1) is 22.9. The Morgan fingerprint density at radius 3 is 2.61 bits per heavy atom. The quantitative estimate of drug-likeness (QED) is 0.394. The molecule has 7 nitrogen and oxygen atoms in total. The Bertz CT molecular complexity index is 1440. The number of benzene rings is 1. The number of aromatic nitrogens is 3. The van der Waals surface area contributed by atoms with Gasteiger partial charge in [-0.1, -0.05) is 29.8 Å². The molecular weight excluding hydrogens is 481 g/mol. The van der Waals surface area contributed by atoms with Crippen molar-refractivity contribution in [3.8, 4) is 17.1 Å². The van der Waals surface area contributed by atoms with Crippen LogP contribution in [0.2, 0.25) is 5.02 Å². The van der Waals surface area contributed by atoms with Gasteiger partial charge in [-0.25, -0.2) is 14.4 Å². The Morgan fingerprint density at radius 2 is 1.86 bits per heavy atom. The molecule has 0 N–H and O–H groups in total. The van der Waals surface area contributed by atoms with Crippen molar-refractivity contribution in [1.82, 2.24) is 24.2 Å². The van der Waals surface area contributed by atoms with Crippen molar-refractivity contribution in [3.05, 3.63) is 83.0 Å². The minimum atomic E-state index is -0.627. The third-order valence-corrected chi connectivity index (χ3v) is 7.49. The number of piperidine rings is 2. The summed E-state index contributed by atoms with van der Waals surface area (Å²) in [7, 11) is 1.45. The highest BCUT2D eigenvalue weighted by Crippen LogP contribution is 2.34. The molecule has 3 fully saturated rings. The second kappa shape index (κ2) is 9.19. The summed E-state index contributed by atoms with van der Waals surface area (Å²) in [6.07, 6.45) is 3.90. The molecule has 184 valence electrons. The average Bonchev–Trinajstić information content (AvgIpc) is 3.27. The SMILES string of the molecule is COc1ccc(F)c(C(=O)N2C[C@@H]3CC[C@H]2CN3Cc2c(-c3ccc(Cl)cc3)nc3ccccn23)n1. The molecule has 3 aliphatic rings. The second-order valence-corrected chi connectivity index (χ2v) is 9.74. The fraction of sp³-hybridized carbons (Fsp3) is 0.296. The summed E-state index contributed by atoms with van der Waals surface area (Å²) in [6, 6.07) is 16.5. The van der Waals surface area contributed by atoms with Crippen molar-refractivity contribution >= 4 is 23.2 Å². The van der Waals surface area contributed by atoms with Crippen molar-refractivity contribution in [1.29, 1.82) is 0 Å². The van der Waals surface area contributed by atoms with Crippen molar-refractivity contribution in [2.24, 2.45) is 0 Å². The van der Waals surface area contributed by atoms with Gasteiger partial charge in [0.25, 0.3) is 5.91 Å². The summed E-state index contributed by atoms with van der Waals surface area (Å²) in [6.45, 7) is 1.94. The van der Waals surface area contributed by atoms with E-state index in [1.54, 1.807) is 4.90 Å². The van der Waals surface area contributed by atoms with Crippen LogP contribution < -0.4 is 4.74 Å². The highest BCUT2D eigenvalue weighted by Gasteiger charge is 2.42. The number of hydrogen-bond acceptors (Lipinski definition) is 5. The number of imidazole rings is 1. The van der Waals surface area contributed by atoms with Crippen molar-refractivity contribution in [3.63, 3.8) is 0 Å². The van der Waals surface area contributed by atoms with Gasteiger partial charge in [0.05, 0.1) is 18.5 Å². The highest BCUT2D eigenvalue weighted by atomic mass is 35.5. The first-order valence-electron chi connectivity index (χ1n) is 12.0. The van der Waals surface area contributed by atoms with Gasteiger partial charge in [0, 0.05) is 54.6 Å². The molecule has 0 spiro atoms. The normalized spacial score (nSPS) is 19.7. The molecule has 0 radical (unpaired) electrons. The number of methoxy groups -OCH3 is 1. The molecule has 0 unspecified atom stereocenters. The number of amides is 1. The summed E-state index contributed by atoms with van der Waals surface area (Å²) in [5.41, 5.74) is 3.74. The molecule has 9 heteroatoms. The van der Waals surface area contributed by atoms with Crippen LogP contribution in [0.3, 0.4) is 0 Å². The molecule has 36 heavy (non-hydrogen) atoms. The Labute approximate surface area is 213 Å². The van der Waals surface area contributed by atoms with Crippen molar-refractivity contribution in [2.75, 3.05) is 20.2 Å². The molecule has 3 aromatic heterocycles. The Hall–Kier alpha value is -3.49. The number of piperazine rings is 1. The first-order valence-corrected chi connectivity index (χ1v) is 12.4. The number of rotatable bonds is 5. The predicted molar refractivity (Wildman–Crippen MR) is 135 cm³/mol. The number of ether oxygens (including phenoxy) is 1. The van der Waals surface area contributed by atoms with Gasteiger partial charge >= 0.3 is 0 Å². The van der Waals surface area contributed by atoms with E-state index in [9.17, 15) is 9.18 Å². The molecule has 1 aromatic carbocycles. The zero-order chi connectivity index (χ0) is 24.8. The van der Waals surface area contributed by atoms with Gasteiger partial charge in [0.1, 0.15) is 5.65 Å². The van der Waals surface area contributed by atoms with Gasteiger partial charge in [0.15, 0.2) is 11.5 Å². The minimum Gasteiger partial charge on any atom is -0.481 e. The third-order valence-electron chi connectivity index (χ3n) is 7.24. The maximum Gasteiger partial charge on any atom is 0.276 e. The number of carbonyl (C=O) groups is 1. The lowest BCUT2D eigenvalue weighted by atomic mass is 9.90. The van der Waals surface area contributed by atoms with Crippen LogP contribution in [0.4, 0.5) is 4.39 Å². The summed E-state index contributed by atoms with van der Waals surface area (Å²) in [5, 5.41) is 0.684. The van der Waals surface area contributed by atoms with Crippen LogP contribution in [-0.4, -0.2) is 62.4 Å². The molecule has 2 atom stereocenters. The summed E-state index contributed by atoms with van der Waals surface area (Å²) in [5.74, 6) is -0.777. The number of carbonyl (C=O) groups excluding carboxylic acids is 1. The number of hydrogen-bond donors (Lipinski definition) is 0. The van der Waals surface area contributed by atoms with Crippen LogP contribution >= 0.6 is 11.6 Å². The highest BCUT2D eigenvalue weighted by molar-refractivity contribution is 6.30. The molecule has 3 aliphatic heterocycles. The van der Waals surface area contributed by atoms with Gasteiger partial charge in [0.2, 0.25) is 5.88 Å². The summed E-state index contributed by atoms with van der Waals surface area (Å²) >= 11 is 6.13. The van der Waals surface area contributed by atoms with Gasteiger partial charge < -0.3 is 14.0 Å². The molecule has 3 saturated heterocycles. The third kappa shape index (κ3) is 4.00. The maximum atomic E-state index is 14.5. The Kier molecular flexibility index (Phi) is 5.85. The van der Waals surface area contributed by atoms with E-state index in [0.29, 0.717) is 24.7 Å². The predicted octanol–water partition coefficient (Wildman–Crippen LogP) is 4.69. The molecule has 6 heterocycles. The van der Waals surface area contributed by atoms with Gasteiger partial charge in [-0.3, -0.25) is 9.69 Å². The number of halogens is 2. The Balaban J connectivity index is 1.28. The fourth-order valence-electron chi connectivity index (χ4n) is 5.41. The smallest absolute Gasteiger partial charge is 0.276 e. The van der Waals surface area contributed by atoms with Gasteiger partial charge in [-0.05, 0) is 43.2 Å². The fourth-order valence-corrected chi connectivity index (χ4v) is 5.54. The van der Waals surface area contributed by atoms with Crippen molar-refractivity contribution < 1.29 is 13.9 Å². The van der Waals surface area contributed by atoms with Gasteiger partial charge in [-0.15, -0.1) is 0 Å². The van der Waals surface area contributed by atoms with E-state index in [0.717, 1.165) is 35.4 Å². The summed E-state index contributed by atoms with van der Waals surface area (Å²) in [4.78, 5) is 26.5. The molecule has 2 bridgehead atoms. The van der Waals surface area contributed by atoms with E-state index in [2.05, 4.69) is 14.3 Å². The Morgan fingerprint density at radius 1 is 1.06 bits per heavy atom. The lowest BCUT2D eigenvalue weighted by molar-refractivity contribution is -0.0165. The van der Waals surface area contributed by atoms with Crippen LogP contribution in [-0.2, 0) is 6.54 Å². The minimum absolute atomic E-state index is 0.00642. The van der Waals surface area contributed by atoms with E-state index in [4.69, 9.17) is 21.3 Å². The standard InChI is InChI=1S/C27H25ClFN5O2/c1-36-24-12-11-21(29)26(31-24)27(35)34-15-19-9-10-20(34)14-32(19)16-22-25(17-5-7-18(28)8-6-17)30-23-4-2-3-13-33(22)23/h2-8,11-13,19-20H,9-10,14-16H2,1H3/t19-,20-/m0/s1. The number of nitrogens with zero attached hydrogens (tertiary/aromatic N) is 5. The average molecular weight is 506 g/mol. The molecular formula is C27H25ClFN5O2. The zero-order valence-electron chi connectivity index (χ0n) is 19.8. The van der Waals surface area contributed by atoms with Gasteiger partial charge in [-0.2, -0.15) is 0 Å². The summed E-state index contributed by atoms with van der Waals surface area (Å²) < 4.78 is 21.7. The zero-order valence-corrected chi connectivity index (χ0v) is 20.5. The monoisotopic (exact) mass is 505 g/mol. The van der Waals surface area contributed by atoms with Crippen LogP contribution in [0.5, 0.6) is 5.88 Å². The van der Waals surface area contributed by atoms with Crippen LogP contribution in [0.1, 0.15) is 29.0 Å². The number of fused-ring (bicyclic) bond motifs is 4. The van der Waals surface area contributed by atoms with E-state index in [-0.39, 0.29) is 29.6 Å². The van der Waals surface area contributed by atoms with Crippen LogP contribution in [0, 0.1) is 5.82 Å². The van der Waals surface area contributed by atoms with Crippen LogP contribution in [0.25, 0.3) is 16.9 Å². The first-order chi connectivity index (χ1) is 17.5.